The van der Waals surface area contributed by atoms with E-state index in [9.17, 15) is 4.79 Å². The number of carbonyl (C=O) groups is 1. The van der Waals surface area contributed by atoms with Crippen molar-refractivity contribution in [3.05, 3.63) is 36.3 Å². The number of ether oxygens (including phenoxy) is 2. The van der Waals surface area contributed by atoms with Gasteiger partial charge in [-0.05, 0) is 19.1 Å². The van der Waals surface area contributed by atoms with E-state index >= 15 is 0 Å². The normalized spacial score (nSPS) is 10.2. The van der Waals surface area contributed by atoms with Gasteiger partial charge in [-0.15, -0.1) is 0 Å². The molecule has 0 bridgehead atoms. The van der Waals surface area contributed by atoms with Crippen molar-refractivity contribution in [1.82, 2.24) is 9.55 Å². The quantitative estimate of drug-likeness (QED) is 0.846. The van der Waals surface area contributed by atoms with Gasteiger partial charge in [-0.25, -0.2) is 9.78 Å². The van der Waals surface area contributed by atoms with Gasteiger partial charge < -0.3 is 15.2 Å². The minimum Gasteiger partial charge on any atom is -0.492 e. The molecule has 100 valence electrons. The molecule has 0 amide bonds. The highest BCUT2D eigenvalue weighted by molar-refractivity contribution is 5.92. The summed E-state index contributed by atoms with van der Waals surface area (Å²) < 4.78 is 11.7. The Balaban J connectivity index is 2.48. The number of benzene rings is 1. The number of nitrogens with two attached hydrogens (primary N) is 1. The number of aromatic nitrogens is 2. The van der Waals surface area contributed by atoms with E-state index in [1.165, 1.54) is 13.4 Å². The van der Waals surface area contributed by atoms with Gasteiger partial charge in [-0.1, -0.05) is 12.1 Å². The number of esters is 1. The summed E-state index contributed by atoms with van der Waals surface area (Å²) >= 11 is 0. The van der Waals surface area contributed by atoms with Crippen LogP contribution in [0.5, 0.6) is 5.75 Å². The second-order valence-electron chi connectivity index (χ2n) is 3.74. The van der Waals surface area contributed by atoms with E-state index in [0.717, 1.165) is 5.69 Å². The molecule has 1 aromatic carbocycles. The van der Waals surface area contributed by atoms with Gasteiger partial charge in [-0.2, -0.15) is 0 Å². The molecule has 0 fully saturated rings. The number of carbonyl (C=O) groups excluding carboxylic acids is 1. The maximum absolute atomic E-state index is 11.5. The number of imidazole rings is 1. The highest BCUT2D eigenvalue weighted by atomic mass is 16.5. The SMILES string of the molecule is CCOc1ccccc1-n1cnc(C(=O)OC)c1N. The fourth-order valence-corrected chi connectivity index (χ4v) is 1.74. The standard InChI is InChI=1S/C13H15N3O3/c1-3-19-10-7-5-4-6-9(10)16-8-15-11(12(16)14)13(17)18-2/h4-8H,3,14H2,1-2H3. The van der Waals surface area contributed by atoms with E-state index in [4.69, 9.17) is 10.5 Å². The highest BCUT2D eigenvalue weighted by Crippen LogP contribution is 2.26. The number of nitrogen functional groups attached to an aromatic ring is 1. The van der Waals surface area contributed by atoms with Gasteiger partial charge in [0.1, 0.15) is 17.9 Å². The van der Waals surface area contributed by atoms with Gasteiger partial charge in [0.25, 0.3) is 0 Å². The van der Waals surface area contributed by atoms with E-state index in [-0.39, 0.29) is 11.5 Å². The van der Waals surface area contributed by atoms with Crippen LogP contribution in [0.15, 0.2) is 30.6 Å². The molecule has 0 unspecified atom stereocenters. The van der Waals surface area contributed by atoms with E-state index < -0.39 is 5.97 Å². The van der Waals surface area contributed by atoms with Crippen molar-refractivity contribution in [1.29, 1.82) is 0 Å². The Bertz CT molecular complexity index is 593. The first kappa shape index (κ1) is 12.9. The largest absolute Gasteiger partial charge is 0.492 e. The van der Waals surface area contributed by atoms with Gasteiger partial charge in [0, 0.05) is 0 Å². The molecule has 0 aliphatic rings. The van der Waals surface area contributed by atoms with Crippen LogP contribution in [0, 0.1) is 0 Å². The zero-order chi connectivity index (χ0) is 13.8. The van der Waals surface area contributed by atoms with Crippen LogP contribution in [-0.2, 0) is 4.74 Å². The van der Waals surface area contributed by atoms with Crippen LogP contribution in [-0.4, -0.2) is 29.2 Å². The van der Waals surface area contributed by atoms with Crippen molar-refractivity contribution in [2.45, 2.75) is 6.92 Å². The average Bonchev–Trinajstić information content (AvgIpc) is 2.81. The minimum absolute atomic E-state index is 0.0915. The Kier molecular flexibility index (Phi) is 3.70. The molecule has 0 radical (unpaired) electrons. The Morgan fingerprint density at radius 3 is 2.84 bits per heavy atom. The van der Waals surface area contributed by atoms with Crippen LogP contribution >= 0.6 is 0 Å². The number of hydrogen-bond donors (Lipinski definition) is 1. The number of methoxy groups -OCH3 is 1. The summed E-state index contributed by atoms with van der Waals surface area (Å²) in [6.45, 7) is 2.43. The van der Waals surface area contributed by atoms with Crippen LogP contribution < -0.4 is 10.5 Å². The average molecular weight is 261 g/mol. The molecule has 6 heteroatoms. The molecule has 2 rings (SSSR count). The van der Waals surface area contributed by atoms with Crippen LogP contribution in [0.3, 0.4) is 0 Å². The smallest absolute Gasteiger partial charge is 0.360 e. The third kappa shape index (κ3) is 2.37. The van der Waals surface area contributed by atoms with Gasteiger partial charge in [0.05, 0.1) is 19.4 Å². The summed E-state index contributed by atoms with van der Waals surface area (Å²) in [4.78, 5) is 15.5. The van der Waals surface area contributed by atoms with E-state index in [0.29, 0.717) is 12.4 Å². The van der Waals surface area contributed by atoms with Crippen LogP contribution in [0.4, 0.5) is 5.82 Å². The Morgan fingerprint density at radius 1 is 1.42 bits per heavy atom. The van der Waals surface area contributed by atoms with Crippen molar-refractivity contribution in [3.8, 4) is 11.4 Å². The zero-order valence-electron chi connectivity index (χ0n) is 10.8. The lowest BCUT2D eigenvalue weighted by Gasteiger charge is -2.11. The van der Waals surface area contributed by atoms with E-state index in [1.54, 1.807) is 4.57 Å². The summed E-state index contributed by atoms with van der Waals surface area (Å²) in [5, 5.41) is 0. The van der Waals surface area contributed by atoms with Gasteiger partial charge in [0.2, 0.25) is 0 Å². The molecule has 2 N–H and O–H groups in total. The molecule has 1 aromatic heterocycles. The van der Waals surface area contributed by atoms with Crippen LogP contribution in [0.2, 0.25) is 0 Å². The minimum atomic E-state index is -0.565. The first-order valence-corrected chi connectivity index (χ1v) is 5.82. The fraction of sp³-hybridized carbons (Fsp3) is 0.231. The van der Waals surface area contributed by atoms with Gasteiger partial charge in [0.15, 0.2) is 5.69 Å². The lowest BCUT2D eigenvalue weighted by atomic mass is 10.3. The van der Waals surface area contributed by atoms with Gasteiger partial charge in [-0.3, -0.25) is 4.57 Å². The summed E-state index contributed by atoms with van der Waals surface area (Å²) in [6, 6.07) is 7.39. The molecule has 0 atom stereocenters. The predicted molar refractivity (Wildman–Crippen MR) is 70.5 cm³/mol. The Morgan fingerprint density at radius 2 is 2.16 bits per heavy atom. The fourth-order valence-electron chi connectivity index (χ4n) is 1.74. The van der Waals surface area contributed by atoms with E-state index in [1.807, 2.05) is 31.2 Å². The van der Waals surface area contributed by atoms with Crippen molar-refractivity contribution >= 4 is 11.8 Å². The predicted octanol–water partition coefficient (Wildman–Crippen LogP) is 1.64. The number of rotatable bonds is 4. The second kappa shape index (κ2) is 5.43. The van der Waals surface area contributed by atoms with Crippen molar-refractivity contribution in [2.75, 3.05) is 19.5 Å². The molecule has 0 aliphatic heterocycles. The zero-order valence-corrected chi connectivity index (χ0v) is 10.8. The summed E-state index contributed by atoms with van der Waals surface area (Å²) in [6.07, 6.45) is 1.47. The highest BCUT2D eigenvalue weighted by Gasteiger charge is 2.18. The van der Waals surface area contributed by atoms with Crippen LogP contribution in [0.1, 0.15) is 17.4 Å². The maximum Gasteiger partial charge on any atom is 0.360 e. The number of hydrogen-bond acceptors (Lipinski definition) is 5. The molecule has 0 aliphatic carbocycles. The topological polar surface area (TPSA) is 79.4 Å². The lowest BCUT2D eigenvalue weighted by molar-refractivity contribution is 0.0596. The summed E-state index contributed by atoms with van der Waals surface area (Å²) in [7, 11) is 1.29. The maximum atomic E-state index is 11.5. The first-order chi connectivity index (χ1) is 9.19. The third-order valence-electron chi connectivity index (χ3n) is 2.61. The van der Waals surface area contributed by atoms with Crippen molar-refractivity contribution in [2.24, 2.45) is 0 Å². The monoisotopic (exact) mass is 261 g/mol. The molecule has 2 aromatic rings. The first-order valence-electron chi connectivity index (χ1n) is 5.82. The molecule has 19 heavy (non-hydrogen) atoms. The number of para-hydroxylation sites is 2. The lowest BCUT2D eigenvalue weighted by Crippen LogP contribution is -2.08. The number of anilines is 1. The molecule has 6 nitrogen and oxygen atoms in total. The molecular formula is C13H15N3O3. The van der Waals surface area contributed by atoms with E-state index in [2.05, 4.69) is 9.72 Å². The van der Waals surface area contributed by atoms with Crippen LogP contribution in [0.25, 0.3) is 5.69 Å². The molecule has 0 spiro atoms. The Labute approximate surface area is 110 Å². The molecule has 1 heterocycles. The van der Waals surface area contributed by atoms with Crippen molar-refractivity contribution in [3.63, 3.8) is 0 Å². The van der Waals surface area contributed by atoms with Gasteiger partial charge >= 0.3 is 5.97 Å². The Hall–Kier alpha value is -2.50. The molecular weight excluding hydrogens is 246 g/mol. The summed E-state index contributed by atoms with van der Waals surface area (Å²) in [5.41, 5.74) is 6.74. The summed E-state index contributed by atoms with van der Waals surface area (Å²) in [5.74, 6) is 0.328. The third-order valence-corrected chi connectivity index (χ3v) is 2.61. The second-order valence-corrected chi connectivity index (χ2v) is 3.74. The number of nitrogens with zero attached hydrogens (tertiary/aromatic N) is 2. The van der Waals surface area contributed by atoms with Crippen molar-refractivity contribution < 1.29 is 14.3 Å². The molecule has 0 saturated heterocycles. The molecule has 0 saturated carbocycles.